The van der Waals surface area contributed by atoms with Crippen molar-refractivity contribution in [2.24, 2.45) is 0 Å². The van der Waals surface area contributed by atoms with E-state index in [1.165, 1.54) is 24.5 Å². The fourth-order valence-corrected chi connectivity index (χ4v) is 4.11. The maximum absolute atomic E-state index is 13.5. The lowest BCUT2D eigenvalue weighted by molar-refractivity contribution is -0.110. The maximum Gasteiger partial charge on any atom is 0.270 e. The first-order valence-corrected chi connectivity index (χ1v) is 11.0. The van der Waals surface area contributed by atoms with Gasteiger partial charge in [-0.25, -0.2) is 14.4 Å². The highest BCUT2D eigenvalue weighted by atomic mass is 35.5. The molecule has 0 spiro atoms. The molecule has 3 aromatic rings. The van der Waals surface area contributed by atoms with E-state index in [0.29, 0.717) is 66.2 Å². The van der Waals surface area contributed by atoms with Gasteiger partial charge in [-0.2, -0.15) is 0 Å². The normalized spacial score (nSPS) is 16.5. The molecular weight excluding hydrogens is 463 g/mol. The van der Waals surface area contributed by atoms with Crippen LogP contribution in [-0.4, -0.2) is 58.0 Å². The summed E-state index contributed by atoms with van der Waals surface area (Å²) in [6.07, 6.45) is 2.96. The van der Waals surface area contributed by atoms with E-state index >= 15 is 0 Å². The molecule has 0 aliphatic carbocycles. The predicted octanol–water partition coefficient (Wildman–Crippen LogP) is 3.61. The van der Waals surface area contributed by atoms with Gasteiger partial charge in [-0.05, 0) is 42.8 Å². The third kappa shape index (κ3) is 4.13. The summed E-state index contributed by atoms with van der Waals surface area (Å²) in [5.41, 5.74) is 3.10. The number of H-pyrrole nitrogens is 1. The Bertz CT molecular complexity index is 1330. The zero-order chi connectivity index (χ0) is 23.8. The van der Waals surface area contributed by atoms with E-state index in [9.17, 15) is 14.0 Å². The standard InChI is InChI=1S/C23H20ClFN6O3/c1-12-8-14(28-19(12)23(33)31-4-6-34-7-5-31)9-15-18-20(26-11-27-21(18)30-22(15)32)29-13-2-3-17(25)16(24)10-13/h2-3,8-11,28H,4-7H2,1H3,(H2,26,27,29,30,32)/b15-9-. The molecule has 2 aromatic heterocycles. The van der Waals surface area contributed by atoms with Crippen LogP contribution in [0.2, 0.25) is 5.02 Å². The minimum absolute atomic E-state index is 0.0417. The number of carbonyl (C=O) groups is 2. The minimum atomic E-state index is -0.540. The van der Waals surface area contributed by atoms with Crippen molar-refractivity contribution in [2.45, 2.75) is 6.92 Å². The number of benzene rings is 1. The first kappa shape index (κ1) is 22.1. The number of aryl methyl sites for hydroxylation is 1. The summed E-state index contributed by atoms with van der Waals surface area (Å²) in [7, 11) is 0. The van der Waals surface area contributed by atoms with Gasteiger partial charge in [0.25, 0.3) is 11.8 Å². The van der Waals surface area contributed by atoms with Crippen LogP contribution in [0, 0.1) is 12.7 Å². The average Bonchev–Trinajstić information content (AvgIpc) is 3.36. The van der Waals surface area contributed by atoms with E-state index in [2.05, 4.69) is 25.6 Å². The van der Waals surface area contributed by atoms with Crippen LogP contribution in [0.5, 0.6) is 0 Å². The van der Waals surface area contributed by atoms with Crippen LogP contribution in [0.25, 0.3) is 11.6 Å². The largest absolute Gasteiger partial charge is 0.378 e. The molecule has 1 saturated heterocycles. The smallest absolute Gasteiger partial charge is 0.270 e. The first-order chi connectivity index (χ1) is 16.4. The molecule has 11 heteroatoms. The number of nitrogens with zero attached hydrogens (tertiary/aromatic N) is 3. The molecule has 2 aliphatic rings. The Balaban J connectivity index is 1.48. The van der Waals surface area contributed by atoms with Crippen molar-refractivity contribution in [1.29, 1.82) is 0 Å². The van der Waals surface area contributed by atoms with E-state index < -0.39 is 5.82 Å². The third-order valence-corrected chi connectivity index (χ3v) is 5.91. The number of ether oxygens (including phenoxy) is 1. The quantitative estimate of drug-likeness (QED) is 0.490. The number of amides is 2. The highest BCUT2D eigenvalue weighted by molar-refractivity contribution is 6.35. The Labute approximate surface area is 199 Å². The van der Waals surface area contributed by atoms with Crippen LogP contribution in [0.15, 0.2) is 30.6 Å². The van der Waals surface area contributed by atoms with Crippen molar-refractivity contribution < 1.29 is 18.7 Å². The van der Waals surface area contributed by atoms with Crippen molar-refractivity contribution in [1.82, 2.24) is 19.9 Å². The van der Waals surface area contributed by atoms with Crippen molar-refractivity contribution in [3.8, 4) is 0 Å². The summed E-state index contributed by atoms with van der Waals surface area (Å²) < 4.78 is 18.9. The number of anilines is 3. The van der Waals surface area contributed by atoms with E-state index in [-0.39, 0.29) is 16.8 Å². The van der Waals surface area contributed by atoms with Gasteiger partial charge >= 0.3 is 0 Å². The number of aromatic nitrogens is 3. The molecule has 34 heavy (non-hydrogen) atoms. The second-order valence-electron chi connectivity index (χ2n) is 7.90. The Hall–Kier alpha value is -3.76. The maximum atomic E-state index is 13.5. The number of halogens is 2. The van der Waals surface area contributed by atoms with Crippen LogP contribution in [0.3, 0.4) is 0 Å². The molecule has 0 unspecified atom stereocenters. The number of fused-ring (bicyclic) bond motifs is 1. The SMILES string of the molecule is Cc1cc(/C=C2\C(=O)Nc3ncnc(Nc4ccc(F)c(Cl)c4)c32)[nH]c1C(=O)N1CCOCC1. The van der Waals surface area contributed by atoms with Crippen LogP contribution >= 0.6 is 11.6 Å². The zero-order valence-corrected chi connectivity index (χ0v) is 18.9. The Kier molecular flexibility index (Phi) is 5.76. The fourth-order valence-electron chi connectivity index (χ4n) is 3.93. The minimum Gasteiger partial charge on any atom is -0.378 e. The number of hydrogen-bond acceptors (Lipinski definition) is 6. The van der Waals surface area contributed by atoms with Crippen LogP contribution in [0.4, 0.5) is 21.7 Å². The number of carbonyl (C=O) groups excluding carboxylic acids is 2. The molecule has 3 N–H and O–H groups in total. The summed E-state index contributed by atoms with van der Waals surface area (Å²) in [4.78, 5) is 39.0. The molecule has 1 fully saturated rings. The number of morpholine rings is 1. The van der Waals surface area contributed by atoms with E-state index in [1.807, 2.05) is 13.0 Å². The van der Waals surface area contributed by atoms with Crippen LogP contribution in [0.1, 0.15) is 27.3 Å². The molecule has 2 aliphatic heterocycles. The summed E-state index contributed by atoms with van der Waals surface area (Å²) in [5.74, 6) is -0.313. The van der Waals surface area contributed by atoms with Gasteiger partial charge in [0.15, 0.2) is 0 Å². The molecule has 1 aromatic carbocycles. The Morgan fingerprint density at radius 1 is 1.26 bits per heavy atom. The average molecular weight is 483 g/mol. The summed E-state index contributed by atoms with van der Waals surface area (Å²) in [5, 5.41) is 5.75. The molecule has 4 heterocycles. The number of rotatable bonds is 4. The second-order valence-corrected chi connectivity index (χ2v) is 8.31. The van der Waals surface area contributed by atoms with Crippen molar-refractivity contribution in [2.75, 3.05) is 36.9 Å². The van der Waals surface area contributed by atoms with Crippen LogP contribution in [-0.2, 0) is 9.53 Å². The lowest BCUT2D eigenvalue weighted by Crippen LogP contribution is -2.41. The third-order valence-electron chi connectivity index (χ3n) is 5.62. The van der Waals surface area contributed by atoms with E-state index in [1.54, 1.807) is 11.0 Å². The molecule has 0 saturated carbocycles. The van der Waals surface area contributed by atoms with Gasteiger partial charge in [0, 0.05) is 24.5 Å². The van der Waals surface area contributed by atoms with E-state index in [4.69, 9.17) is 16.3 Å². The second kappa shape index (κ2) is 8.88. The number of hydrogen-bond donors (Lipinski definition) is 3. The molecule has 9 nitrogen and oxygen atoms in total. The Morgan fingerprint density at radius 3 is 2.82 bits per heavy atom. The highest BCUT2D eigenvalue weighted by Gasteiger charge is 2.30. The first-order valence-electron chi connectivity index (χ1n) is 10.6. The molecule has 5 rings (SSSR count). The molecule has 0 bridgehead atoms. The van der Waals surface area contributed by atoms with Gasteiger partial charge in [-0.3, -0.25) is 9.59 Å². The molecule has 0 radical (unpaired) electrons. The molecule has 2 amide bonds. The monoisotopic (exact) mass is 482 g/mol. The molecule has 0 atom stereocenters. The summed E-state index contributed by atoms with van der Waals surface area (Å²) in [6, 6.07) is 5.99. The number of aromatic amines is 1. The van der Waals surface area contributed by atoms with E-state index in [0.717, 1.165) is 5.56 Å². The fraction of sp³-hybridized carbons (Fsp3) is 0.217. The van der Waals surface area contributed by atoms with Gasteiger partial charge in [0.2, 0.25) is 0 Å². The Morgan fingerprint density at radius 2 is 2.06 bits per heavy atom. The molecular formula is C23H20ClFN6O3. The topological polar surface area (TPSA) is 112 Å². The van der Waals surface area contributed by atoms with Gasteiger partial charge < -0.3 is 25.3 Å². The number of nitrogens with one attached hydrogen (secondary N) is 3. The predicted molar refractivity (Wildman–Crippen MR) is 125 cm³/mol. The van der Waals surface area contributed by atoms with Gasteiger partial charge in [-0.15, -0.1) is 0 Å². The van der Waals surface area contributed by atoms with Gasteiger partial charge in [0.05, 0.1) is 29.4 Å². The molecule has 174 valence electrons. The summed E-state index contributed by atoms with van der Waals surface area (Å²) >= 11 is 5.89. The lowest BCUT2D eigenvalue weighted by atomic mass is 10.1. The van der Waals surface area contributed by atoms with Crippen molar-refractivity contribution in [3.63, 3.8) is 0 Å². The van der Waals surface area contributed by atoms with Gasteiger partial charge in [-0.1, -0.05) is 11.6 Å². The van der Waals surface area contributed by atoms with Crippen molar-refractivity contribution in [3.05, 3.63) is 63.9 Å². The van der Waals surface area contributed by atoms with Crippen molar-refractivity contribution >= 4 is 52.4 Å². The van der Waals surface area contributed by atoms with Crippen LogP contribution < -0.4 is 10.6 Å². The summed E-state index contributed by atoms with van der Waals surface area (Å²) in [6.45, 7) is 3.92. The highest BCUT2D eigenvalue weighted by Crippen LogP contribution is 2.37. The zero-order valence-electron chi connectivity index (χ0n) is 18.1. The van der Waals surface area contributed by atoms with Gasteiger partial charge in [0.1, 0.15) is 29.5 Å². The lowest BCUT2D eigenvalue weighted by Gasteiger charge is -2.26.